The maximum atomic E-state index is 13.7. The Labute approximate surface area is 298 Å². The van der Waals surface area contributed by atoms with Crippen LogP contribution in [0.25, 0.3) is 11.0 Å². The summed E-state index contributed by atoms with van der Waals surface area (Å²) in [7, 11) is 0. The van der Waals surface area contributed by atoms with E-state index < -0.39 is 23.1 Å². The Hall–Kier alpha value is -2.91. The van der Waals surface area contributed by atoms with Crippen molar-refractivity contribution in [1.82, 2.24) is 24.3 Å². The monoisotopic (exact) mass is 780 g/mol. The maximum Gasteiger partial charge on any atom is 0.410 e. The van der Waals surface area contributed by atoms with Crippen molar-refractivity contribution >= 4 is 51.6 Å². The zero-order chi connectivity index (χ0) is 35.6. The molecule has 2 amide bonds. The summed E-state index contributed by atoms with van der Waals surface area (Å²) >= 11 is 2.26. The van der Waals surface area contributed by atoms with E-state index in [-0.39, 0.29) is 30.3 Å². The van der Waals surface area contributed by atoms with Gasteiger partial charge >= 0.3 is 12.2 Å². The van der Waals surface area contributed by atoms with Crippen molar-refractivity contribution in [2.45, 2.75) is 117 Å². The standard InChI is InChI=1S/C35H53IN6O6/c1-11-22(12-2)14-17-40(31(43)47-33(3,4)5)15-13-16-41(32(44)48-34(6,7)8)19-23-18-25(28-27(23)45-35(9,10)46-28)42-20-24(36)26-29(37)38-21-39-30(26)42/h11-12,20-21,23,25,27-28H,1,13-19H2,2-10H3,(H2,37,38,39)/b22-12+/t23-,25-,27-,28+/m1/s1. The first-order valence-corrected chi connectivity index (χ1v) is 17.8. The molecule has 1 saturated carbocycles. The van der Waals surface area contributed by atoms with E-state index in [9.17, 15) is 9.59 Å². The molecular formula is C35H53IN6O6. The average Bonchev–Trinajstić information content (AvgIpc) is 3.58. The Morgan fingerprint density at radius 1 is 1.06 bits per heavy atom. The molecule has 13 heteroatoms. The van der Waals surface area contributed by atoms with Gasteiger partial charge in [0.1, 0.15) is 35.1 Å². The quantitative estimate of drug-likeness (QED) is 0.188. The lowest BCUT2D eigenvalue weighted by atomic mass is 10.0. The summed E-state index contributed by atoms with van der Waals surface area (Å²) in [5, 5.41) is 0.816. The Morgan fingerprint density at radius 2 is 1.67 bits per heavy atom. The number of carbonyl (C=O) groups is 2. The van der Waals surface area contributed by atoms with E-state index in [1.165, 1.54) is 6.33 Å². The topological polar surface area (TPSA) is 134 Å². The number of aromatic nitrogens is 3. The van der Waals surface area contributed by atoms with Crippen molar-refractivity contribution in [1.29, 1.82) is 0 Å². The molecule has 2 aliphatic rings. The largest absolute Gasteiger partial charge is 0.444 e. The van der Waals surface area contributed by atoms with Crippen molar-refractivity contribution in [3.05, 3.63) is 40.4 Å². The lowest BCUT2D eigenvalue weighted by Gasteiger charge is -2.32. The Balaban J connectivity index is 1.56. The molecule has 2 fully saturated rings. The van der Waals surface area contributed by atoms with Gasteiger partial charge in [0, 0.05) is 41.9 Å². The van der Waals surface area contributed by atoms with Crippen LogP contribution in [0.1, 0.15) is 87.6 Å². The van der Waals surface area contributed by atoms with Crippen LogP contribution in [0.4, 0.5) is 15.4 Å². The van der Waals surface area contributed by atoms with Gasteiger partial charge in [0.2, 0.25) is 0 Å². The summed E-state index contributed by atoms with van der Waals surface area (Å²) in [4.78, 5) is 39.1. The lowest BCUT2D eigenvalue weighted by molar-refractivity contribution is -0.160. The number of fused-ring (bicyclic) bond motifs is 2. The summed E-state index contributed by atoms with van der Waals surface area (Å²) in [6.07, 6.45) is 7.85. The molecule has 0 spiro atoms. The minimum absolute atomic E-state index is 0.0598. The van der Waals surface area contributed by atoms with Crippen LogP contribution in [-0.4, -0.2) is 91.9 Å². The summed E-state index contributed by atoms with van der Waals surface area (Å²) in [5.74, 6) is -0.422. The number of anilines is 1. The molecule has 2 aromatic rings. The highest BCUT2D eigenvalue weighted by Crippen LogP contribution is 2.48. The second kappa shape index (κ2) is 14.9. The van der Waals surface area contributed by atoms with Gasteiger partial charge in [0.05, 0.1) is 17.5 Å². The molecule has 4 atom stereocenters. The fraction of sp³-hybridized carbons (Fsp3) is 0.657. The Kier molecular flexibility index (Phi) is 11.8. The number of amides is 2. The van der Waals surface area contributed by atoms with Crippen molar-refractivity contribution in [3.63, 3.8) is 0 Å². The molecule has 12 nitrogen and oxygen atoms in total. The molecular weight excluding hydrogens is 727 g/mol. The lowest BCUT2D eigenvalue weighted by Crippen LogP contribution is -2.44. The van der Waals surface area contributed by atoms with Crippen molar-refractivity contribution < 1.29 is 28.5 Å². The third-order valence-electron chi connectivity index (χ3n) is 8.42. The van der Waals surface area contributed by atoms with Gasteiger partial charge in [-0.25, -0.2) is 19.6 Å². The van der Waals surface area contributed by atoms with E-state index in [1.54, 1.807) is 15.9 Å². The van der Waals surface area contributed by atoms with Crippen LogP contribution in [0.15, 0.2) is 36.8 Å². The maximum absolute atomic E-state index is 13.7. The Morgan fingerprint density at radius 3 is 2.27 bits per heavy atom. The van der Waals surface area contributed by atoms with Gasteiger partial charge in [0.25, 0.3) is 0 Å². The van der Waals surface area contributed by atoms with Crippen molar-refractivity contribution in [3.8, 4) is 0 Å². The van der Waals surface area contributed by atoms with Gasteiger partial charge in [-0.2, -0.15) is 0 Å². The molecule has 0 aromatic carbocycles. The normalized spacial score (nSPS) is 22.4. The molecule has 1 aliphatic carbocycles. The highest BCUT2D eigenvalue weighted by Gasteiger charge is 2.55. The van der Waals surface area contributed by atoms with E-state index in [0.717, 1.165) is 20.2 Å². The molecule has 2 N–H and O–H groups in total. The highest BCUT2D eigenvalue weighted by molar-refractivity contribution is 14.1. The SMILES string of the molecule is C=C/C(=C\C)CCN(CCCN(C[C@H]1C[C@@H](n2cc(I)c3c(N)ncnc32)[C@@H]2OC(C)(C)O[C@H]12)C(=O)OC(C)(C)C)C(=O)OC(C)(C)C. The minimum Gasteiger partial charge on any atom is -0.444 e. The number of ether oxygens (including phenoxy) is 4. The number of nitrogens with zero attached hydrogens (tertiary/aromatic N) is 5. The van der Waals surface area contributed by atoms with Gasteiger partial charge < -0.3 is 39.0 Å². The van der Waals surface area contributed by atoms with Gasteiger partial charge in [-0.3, -0.25) is 0 Å². The molecule has 0 bridgehead atoms. The number of hydrogen-bond donors (Lipinski definition) is 1. The molecule has 0 radical (unpaired) electrons. The molecule has 4 rings (SSSR count). The van der Waals surface area contributed by atoms with Gasteiger partial charge in [-0.05, 0) is 104 Å². The van der Waals surface area contributed by atoms with E-state index in [0.29, 0.717) is 51.3 Å². The molecule has 0 unspecified atom stereocenters. The van der Waals surface area contributed by atoms with Crippen molar-refractivity contribution in [2.75, 3.05) is 31.9 Å². The van der Waals surface area contributed by atoms with Crippen LogP contribution in [-0.2, 0) is 18.9 Å². The zero-order valence-electron chi connectivity index (χ0n) is 29.9. The number of allylic oxidation sites excluding steroid dienone is 2. The first-order chi connectivity index (χ1) is 22.3. The third-order valence-corrected chi connectivity index (χ3v) is 9.24. The number of nitrogen functional groups attached to an aromatic ring is 1. The first-order valence-electron chi connectivity index (χ1n) is 16.7. The van der Waals surface area contributed by atoms with Gasteiger partial charge in [0.15, 0.2) is 5.79 Å². The number of nitrogens with two attached hydrogens (primary N) is 1. The van der Waals surface area contributed by atoms with E-state index in [2.05, 4.69) is 43.7 Å². The van der Waals surface area contributed by atoms with Crippen molar-refractivity contribution in [2.24, 2.45) is 5.92 Å². The number of carbonyl (C=O) groups excluding carboxylic acids is 2. The average molecular weight is 781 g/mol. The van der Waals surface area contributed by atoms with Crippen LogP contribution < -0.4 is 5.73 Å². The molecule has 2 aromatic heterocycles. The predicted octanol–water partition coefficient (Wildman–Crippen LogP) is 7.09. The first kappa shape index (κ1) is 37.9. The summed E-state index contributed by atoms with van der Waals surface area (Å²) in [5.41, 5.74) is 6.72. The zero-order valence-corrected chi connectivity index (χ0v) is 32.1. The van der Waals surface area contributed by atoms with E-state index in [1.807, 2.05) is 74.6 Å². The van der Waals surface area contributed by atoms with E-state index >= 15 is 0 Å². The summed E-state index contributed by atoms with van der Waals surface area (Å²) in [6, 6.07) is -0.101. The predicted molar refractivity (Wildman–Crippen MR) is 194 cm³/mol. The second-order valence-electron chi connectivity index (χ2n) is 15.0. The molecule has 48 heavy (non-hydrogen) atoms. The molecule has 1 aliphatic heterocycles. The highest BCUT2D eigenvalue weighted by atomic mass is 127. The van der Waals surface area contributed by atoms with Crippen LogP contribution in [0.3, 0.4) is 0 Å². The van der Waals surface area contributed by atoms with Gasteiger partial charge in [-0.15, -0.1) is 0 Å². The molecule has 266 valence electrons. The molecule has 3 heterocycles. The smallest absolute Gasteiger partial charge is 0.410 e. The fourth-order valence-electron chi connectivity index (χ4n) is 6.39. The summed E-state index contributed by atoms with van der Waals surface area (Å²) < 4.78 is 27.7. The third kappa shape index (κ3) is 9.41. The Bertz CT molecular complexity index is 1510. The number of rotatable bonds is 11. The van der Waals surface area contributed by atoms with Crippen LogP contribution >= 0.6 is 22.6 Å². The number of halogens is 1. The molecule has 1 saturated heterocycles. The second-order valence-corrected chi connectivity index (χ2v) is 16.2. The van der Waals surface area contributed by atoms with Crippen LogP contribution in [0.5, 0.6) is 0 Å². The number of hydrogen-bond acceptors (Lipinski definition) is 9. The van der Waals surface area contributed by atoms with Gasteiger partial charge in [-0.1, -0.05) is 24.3 Å². The fourth-order valence-corrected chi connectivity index (χ4v) is 7.21. The van der Waals surface area contributed by atoms with Crippen LogP contribution in [0, 0.1) is 9.49 Å². The summed E-state index contributed by atoms with van der Waals surface area (Å²) in [6.45, 7) is 22.4. The van der Waals surface area contributed by atoms with Crippen LogP contribution in [0.2, 0.25) is 0 Å². The minimum atomic E-state index is -0.793. The van der Waals surface area contributed by atoms with E-state index in [4.69, 9.17) is 24.7 Å².